The van der Waals surface area contributed by atoms with Gasteiger partial charge in [0.1, 0.15) is 12.8 Å². The van der Waals surface area contributed by atoms with Gasteiger partial charge >= 0.3 is 0 Å². The van der Waals surface area contributed by atoms with Crippen LogP contribution in [-0.4, -0.2) is 57.4 Å². The van der Waals surface area contributed by atoms with E-state index in [9.17, 15) is 9.18 Å². The zero-order chi connectivity index (χ0) is 23.1. The van der Waals surface area contributed by atoms with Gasteiger partial charge in [0.15, 0.2) is 11.5 Å². The SMILES string of the molecule is COc1cc(C(=O)NCC2(N(C)C)CCC(F)CC2)cc(OC)c1OCc1ccccc1. The molecular weight excluding hydrogens is 411 g/mol. The molecule has 1 N–H and O–H groups in total. The molecule has 0 aromatic heterocycles. The fourth-order valence-electron chi connectivity index (χ4n) is 4.13. The molecule has 0 atom stereocenters. The van der Waals surface area contributed by atoms with Crippen molar-refractivity contribution in [1.29, 1.82) is 0 Å². The smallest absolute Gasteiger partial charge is 0.251 e. The summed E-state index contributed by atoms with van der Waals surface area (Å²) in [6.07, 6.45) is 1.70. The second-order valence-corrected chi connectivity index (χ2v) is 8.46. The Kier molecular flexibility index (Phi) is 7.96. The number of rotatable bonds is 9. The summed E-state index contributed by atoms with van der Waals surface area (Å²) < 4.78 is 30.6. The van der Waals surface area contributed by atoms with Gasteiger partial charge in [0.25, 0.3) is 5.91 Å². The lowest BCUT2D eigenvalue weighted by Gasteiger charge is -2.43. The number of alkyl halides is 1. The first kappa shape index (κ1) is 23.9. The van der Waals surface area contributed by atoms with Gasteiger partial charge in [0, 0.05) is 17.6 Å². The maximum Gasteiger partial charge on any atom is 0.251 e. The normalized spacial score (nSPS) is 20.6. The van der Waals surface area contributed by atoms with Crippen LogP contribution in [0.2, 0.25) is 0 Å². The predicted octanol–water partition coefficient (Wildman–Crippen LogP) is 4.23. The standard InChI is InChI=1S/C25H33FN2O4/c1-28(2)25(12-10-20(26)11-13-25)17-27-24(29)19-14-21(30-3)23(22(15-19)31-4)32-16-18-8-6-5-7-9-18/h5-9,14-15,20H,10-13,16-17H2,1-4H3,(H,27,29). The van der Waals surface area contributed by atoms with E-state index in [0.29, 0.717) is 61.6 Å². The number of hydrogen-bond acceptors (Lipinski definition) is 5. The first-order chi connectivity index (χ1) is 15.4. The van der Waals surface area contributed by atoms with Crippen LogP contribution < -0.4 is 19.5 Å². The summed E-state index contributed by atoms with van der Waals surface area (Å²) in [5.41, 5.74) is 1.18. The Bertz CT molecular complexity index is 871. The van der Waals surface area contributed by atoms with E-state index in [-0.39, 0.29) is 11.4 Å². The van der Waals surface area contributed by atoms with Crippen LogP contribution >= 0.6 is 0 Å². The molecular formula is C25H33FN2O4. The predicted molar refractivity (Wildman–Crippen MR) is 122 cm³/mol. The Balaban J connectivity index is 1.74. The first-order valence-corrected chi connectivity index (χ1v) is 10.9. The number of amides is 1. The minimum absolute atomic E-state index is 0.236. The quantitative estimate of drug-likeness (QED) is 0.627. The van der Waals surface area contributed by atoms with Gasteiger partial charge in [-0.05, 0) is 57.5 Å². The van der Waals surface area contributed by atoms with Gasteiger partial charge in [-0.15, -0.1) is 0 Å². The zero-order valence-corrected chi connectivity index (χ0v) is 19.3. The van der Waals surface area contributed by atoms with Gasteiger partial charge in [0.2, 0.25) is 5.75 Å². The third-order valence-electron chi connectivity index (χ3n) is 6.32. The second kappa shape index (κ2) is 10.7. The first-order valence-electron chi connectivity index (χ1n) is 10.9. The maximum atomic E-state index is 13.7. The van der Waals surface area contributed by atoms with Gasteiger partial charge in [0.05, 0.1) is 14.2 Å². The van der Waals surface area contributed by atoms with Gasteiger partial charge in [-0.1, -0.05) is 30.3 Å². The highest BCUT2D eigenvalue weighted by Gasteiger charge is 2.37. The lowest BCUT2D eigenvalue weighted by molar-refractivity contribution is 0.0617. The molecule has 0 saturated heterocycles. The van der Waals surface area contributed by atoms with E-state index >= 15 is 0 Å². The molecule has 174 valence electrons. The fourth-order valence-corrected chi connectivity index (χ4v) is 4.13. The van der Waals surface area contributed by atoms with E-state index in [0.717, 1.165) is 5.56 Å². The monoisotopic (exact) mass is 444 g/mol. The van der Waals surface area contributed by atoms with Crippen LogP contribution in [-0.2, 0) is 6.61 Å². The number of ether oxygens (including phenoxy) is 3. The van der Waals surface area contributed by atoms with E-state index in [1.54, 1.807) is 12.1 Å². The lowest BCUT2D eigenvalue weighted by atomic mass is 9.79. The Morgan fingerprint density at radius 1 is 1.09 bits per heavy atom. The largest absolute Gasteiger partial charge is 0.493 e. The highest BCUT2D eigenvalue weighted by Crippen LogP contribution is 2.39. The summed E-state index contributed by atoms with van der Waals surface area (Å²) in [7, 11) is 7.02. The number of methoxy groups -OCH3 is 2. The Morgan fingerprint density at radius 2 is 1.69 bits per heavy atom. The average Bonchev–Trinajstić information content (AvgIpc) is 2.82. The van der Waals surface area contributed by atoms with Crippen molar-refractivity contribution in [2.24, 2.45) is 0 Å². The molecule has 3 rings (SSSR count). The van der Waals surface area contributed by atoms with Gasteiger partial charge in [-0.3, -0.25) is 4.79 Å². The van der Waals surface area contributed by atoms with Crippen molar-refractivity contribution >= 4 is 5.91 Å². The molecule has 1 aliphatic carbocycles. The summed E-state index contributed by atoms with van der Waals surface area (Å²) in [4.78, 5) is 15.1. The van der Waals surface area contributed by atoms with Crippen molar-refractivity contribution in [2.45, 2.75) is 44.0 Å². The van der Waals surface area contributed by atoms with E-state index in [1.807, 2.05) is 44.4 Å². The zero-order valence-electron chi connectivity index (χ0n) is 19.3. The Labute approximate surface area is 189 Å². The van der Waals surface area contributed by atoms with Crippen molar-refractivity contribution in [3.63, 3.8) is 0 Å². The molecule has 1 fully saturated rings. The van der Waals surface area contributed by atoms with E-state index in [4.69, 9.17) is 14.2 Å². The van der Waals surface area contributed by atoms with Crippen molar-refractivity contribution in [3.8, 4) is 17.2 Å². The van der Waals surface area contributed by atoms with Crippen LogP contribution in [0.4, 0.5) is 4.39 Å². The van der Waals surface area contributed by atoms with Crippen LogP contribution in [0.15, 0.2) is 42.5 Å². The topological polar surface area (TPSA) is 60.0 Å². The number of carbonyl (C=O) groups excluding carboxylic acids is 1. The van der Waals surface area contributed by atoms with Crippen molar-refractivity contribution in [3.05, 3.63) is 53.6 Å². The summed E-state index contributed by atoms with van der Waals surface area (Å²) >= 11 is 0. The summed E-state index contributed by atoms with van der Waals surface area (Å²) in [5, 5.41) is 3.03. The third-order valence-corrected chi connectivity index (χ3v) is 6.32. The fraction of sp³-hybridized carbons (Fsp3) is 0.480. The number of carbonyl (C=O) groups is 1. The van der Waals surface area contributed by atoms with Crippen LogP contribution in [0.25, 0.3) is 0 Å². The van der Waals surface area contributed by atoms with E-state index in [2.05, 4.69) is 10.2 Å². The molecule has 0 spiro atoms. The van der Waals surface area contributed by atoms with Gasteiger partial charge in [-0.25, -0.2) is 4.39 Å². The molecule has 1 aliphatic rings. The minimum Gasteiger partial charge on any atom is -0.493 e. The van der Waals surface area contributed by atoms with Crippen LogP contribution in [0, 0.1) is 0 Å². The molecule has 1 amide bonds. The molecule has 6 nitrogen and oxygen atoms in total. The van der Waals surface area contributed by atoms with Crippen molar-refractivity contribution in [1.82, 2.24) is 10.2 Å². The summed E-state index contributed by atoms with van der Waals surface area (Å²) in [6.45, 7) is 0.794. The molecule has 0 unspecified atom stereocenters. The molecule has 0 heterocycles. The molecule has 32 heavy (non-hydrogen) atoms. The lowest BCUT2D eigenvalue weighted by Crippen LogP contribution is -2.54. The Hall–Kier alpha value is -2.80. The summed E-state index contributed by atoms with van der Waals surface area (Å²) in [5.74, 6) is 1.05. The molecule has 7 heteroatoms. The number of hydrogen-bond donors (Lipinski definition) is 1. The van der Waals surface area contributed by atoms with Crippen molar-refractivity contribution < 1.29 is 23.4 Å². The minimum atomic E-state index is -0.754. The second-order valence-electron chi connectivity index (χ2n) is 8.46. The van der Waals surface area contributed by atoms with E-state index in [1.165, 1.54) is 14.2 Å². The highest BCUT2D eigenvalue weighted by molar-refractivity contribution is 5.95. The average molecular weight is 445 g/mol. The van der Waals surface area contributed by atoms with Crippen LogP contribution in [0.5, 0.6) is 17.2 Å². The number of nitrogens with one attached hydrogen (secondary N) is 1. The molecule has 0 radical (unpaired) electrons. The van der Waals surface area contributed by atoms with Crippen LogP contribution in [0.3, 0.4) is 0 Å². The third kappa shape index (κ3) is 5.51. The number of nitrogens with zero attached hydrogens (tertiary/aromatic N) is 1. The molecule has 2 aromatic carbocycles. The Morgan fingerprint density at radius 3 is 2.22 bits per heavy atom. The van der Waals surface area contributed by atoms with E-state index < -0.39 is 6.17 Å². The maximum absolute atomic E-state index is 13.7. The number of benzene rings is 2. The molecule has 1 saturated carbocycles. The van der Waals surface area contributed by atoms with Crippen LogP contribution in [0.1, 0.15) is 41.6 Å². The highest BCUT2D eigenvalue weighted by atomic mass is 19.1. The van der Waals surface area contributed by atoms with Crippen molar-refractivity contribution in [2.75, 3.05) is 34.9 Å². The molecule has 2 aromatic rings. The number of halogens is 1. The molecule has 0 bridgehead atoms. The number of likely N-dealkylation sites (N-methyl/N-ethyl adjacent to an activating group) is 1. The summed E-state index contributed by atoms with van der Waals surface area (Å²) in [6, 6.07) is 13.1. The van der Waals surface area contributed by atoms with Gasteiger partial charge < -0.3 is 24.4 Å². The molecule has 0 aliphatic heterocycles. The van der Waals surface area contributed by atoms with Gasteiger partial charge in [-0.2, -0.15) is 0 Å².